The number of ether oxygens (including phenoxy) is 1. The predicted octanol–water partition coefficient (Wildman–Crippen LogP) is 3.27. The third-order valence-electron chi connectivity index (χ3n) is 4.22. The molecular formula is C15H22N2O. The number of hydrogen-bond acceptors (Lipinski definition) is 3. The Morgan fingerprint density at radius 1 is 1.33 bits per heavy atom. The van der Waals surface area contributed by atoms with Crippen molar-refractivity contribution in [1.29, 1.82) is 0 Å². The molecule has 3 heteroatoms. The van der Waals surface area contributed by atoms with Crippen LogP contribution < -0.4 is 15.8 Å². The highest BCUT2D eigenvalue weighted by Gasteiger charge is 2.53. The van der Waals surface area contributed by atoms with E-state index in [4.69, 9.17) is 10.5 Å². The molecule has 2 saturated carbocycles. The van der Waals surface area contributed by atoms with Gasteiger partial charge in [0, 0.05) is 30.1 Å². The Balaban J connectivity index is 1.64. The van der Waals surface area contributed by atoms with Crippen LogP contribution in [0.4, 0.5) is 11.4 Å². The van der Waals surface area contributed by atoms with Crippen LogP contribution in [0.25, 0.3) is 0 Å². The Morgan fingerprint density at radius 3 is 2.72 bits per heavy atom. The van der Waals surface area contributed by atoms with Crippen LogP contribution in [0.3, 0.4) is 0 Å². The zero-order valence-electron chi connectivity index (χ0n) is 11.0. The van der Waals surface area contributed by atoms with Gasteiger partial charge in [-0.15, -0.1) is 0 Å². The van der Waals surface area contributed by atoms with E-state index in [1.54, 1.807) is 0 Å². The van der Waals surface area contributed by atoms with Crippen LogP contribution in [0.5, 0.6) is 5.75 Å². The van der Waals surface area contributed by atoms with E-state index >= 15 is 0 Å². The van der Waals surface area contributed by atoms with Crippen LogP contribution in [-0.4, -0.2) is 13.2 Å². The Bertz CT molecular complexity index is 436. The minimum atomic E-state index is 0.608. The molecule has 3 rings (SSSR count). The quantitative estimate of drug-likeness (QED) is 0.757. The molecule has 3 nitrogen and oxygen atoms in total. The molecular weight excluding hydrogens is 224 g/mol. The highest BCUT2D eigenvalue weighted by atomic mass is 16.5. The molecule has 1 aromatic rings. The lowest BCUT2D eigenvalue weighted by Gasteiger charge is -2.17. The molecule has 0 aliphatic heterocycles. The van der Waals surface area contributed by atoms with E-state index in [0.29, 0.717) is 12.0 Å². The van der Waals surface area contributed by atoms with Crippen molar-refractivity contribution in [2.75, 3.05) is 24.2 Å². The molecule has 0 heterocycles. The molecule has 0 spiro atoms. The summed E-state index contributed by atoms with van der Waals surface area (Å²) in [4.78, 5) is 0. The van der Waals surface area contributed by atoms with Crippen molar-refractivity contribution in [3.8, 4) is 5.75 Å². The lowest BCUT2D eigenvalue weighted by atomic mass is 10.0. The fourth-order valence-electron chi connectivity index (χ4n) is 2.84. The molecule has 2 aliphatic carbocycles. The van der Waals surface area contributed by atoms with Gasteiger partial charge in [-0.1, -0.05) is 0 Å². The summed E-state index contributed by atoms with van der Waals surface area (Å²) in [5, 5.41) is 3.55. The molecule has 98 valence electrons. The maximum absolute atomic E-state index is 5.90. The topological polar surface area (TPSA) is 47.3 Å². The zero-order chi connectivity index (χ0) is 12.6. The molecule has 0 saturated heterocycles. The van der Waals surface area contributed by atoms with Crippen LogP contribution in [0.1, 0.15) is 32.6 Å². The van der Waals surface area contributed by atoms with E-state index in [0.717, 1.165) is 29.6 Å². The largest absolute Gasteiger partial charge is 0.494 e. The Hall–Kier alpha value is -1.38. The maximum atomic E-state index is 5.90. The average molecular weight is 246 g/mol. The van der Waals surface area contributed by atoms with Gasteiger partial charge in [0.25, 0.3) is 0 Å². The summed E-state index contributed by atoms with van der Waals surface area (Å²) in [6, 6.07) is 5.91. The van der Waals surface area contributed by atoms with Crippen molar-refractivity contribution in [2.24, 2.45) is 11.3 Å². The lowest BCUT2D eigenvalue weighted by Crippen LogP contribution is -2.17. The third-order valence-corrected chi connectivity index (χ3v) is 4.22. The first kappa shape index (κ1) is 11.7. The van der Waals surface area contributed by atoms with Crippen LogP contribution >= 0.6 is 0 Å². The summed E-state index contributed by atoms with van der Waals surface area (Å²) < 4.78 is 5.51. The van der Waals surface area contributed by atoms with Gasteiger partial charge in [-0.2, -0.15) is 0 Å². The molecule has 0 atom stereocenters. The number of nitrogen functional groups attached to an aromatic ring is 1. The van der Waals surface area contributed by atoms with Crippen molar-refractivity contribution < 1.29 is 4.74 Å². The molecule has 18 heavy (non-hydrogen) atoms. The Kier molecular flexibility index (Phi) is 2.84. The summed E-state index contributed by atoms with van der Waals surface area (Å²) in [5.41, 5.74) is 8.36. The fraction of sp³-hybridized carbons (Fsp3) is 0.600. The molecule has 0 amide bonds. The minimum Gasteiger partial charge on any atom is -0.494 e. The number of rotatable bonds is 6. The van der Waals surface area contributed by atoms with E-state index in [-0.39, 0.29) is 0 Å². The van der Waals surface area contributed by atoms with Gasteiger partial charge in [0.05, 0.1) is 6.61 Å². The minimum absolute atomic E-state index is 0.608. The molecule has 2 aliphatic rings. The second-order valence-corrected chi connectivity index (χ2v) is 5.71. The van der Waals surface area contributed by atoms with Crippen LogP contribution in [0.15, 0.2) is 18.2 Å². The molecule has 0 unspecified atom stereocenters. The average Bonchev–Trinajstić information content (AvgIpc) is 3.19. The molecule has 3 N–H and O–H groups in total. The van der Waals surface area contributed by atoms with Gasteiger partial charge in [0.15, 0.2) is 0 Å². The fourth-order valence-corrected chi connectivity index (χ4v) is 2.84. The molecule has 0 bridgehead atoms. The SMILES string of the molecule is CCOc1cc(N)cc(NCC2(C3CC3)CC2)c1. The standard InChI is InChI=1S/C15H22N2O/c1-2-18-14-8-12(16)7-13(9-14)17-10-15(5-6-15)11-3-4-11/h7-9,11,17H,2-6,10,16H2,1H3. The first-order chi connectivity index (χ1) is 8.72. The normalized spacial score (nSPS) is 20.5. The summed E-state index contributed by atoms with van der Waals surface area (Å²) in [6.45, 7) is 3.75. The monoisotopic (exact) mass is 246 g/mol. The Labute approximate surface area is 109 Å². The predicted molar refractivity (Wildman–Crippen MR) is 74.9 cm³/mol. The highest BCUT2D eigenvalue weighted by molar-refractivity contribution is 5.59. The second-order valence-electron chi connectivity index (χ2n) is 5.71. The van der Waals surface area contributed by atoms with Crippen molar-refractivity contribution in [2.45, 2.75) is 32.6 Å². The van der Waals surface area contributed by atoms with Gasteiger partial charge in [-0.25, -0.2) is 0 Å². The maximum Gasteiger partial charge on any atom is 0.123 e. The number of hydrogen-bond donors (Lipinski definition) is 2. The van der Waals surface area contributed by atoms with Gasteiger partial charge < -0.3 is 15.8 Å². The summed E-state index contributed by atoms with van der Waals surface area (Å²) in [7, 11) is 0. The van der Waals surface area contributed by atoms with Crippen LogP contribution in [0, 0.1) is 11.3 Å². The smallest absolute Gasteiger partial charge is 0.123 e. The van der Waals surface area contributed by atoms with E-state index in [9.17, 15) is 0 Å². The lowest BCUT2D eigenvalue weighted by molar-refractivity contribution is 0.340. The van der Waals surface area contributed by atoms with Gasteiger partial charge in [0.1, 0.15) is 5.75 Å². The molecule has 1 aromatic carbocycles. The number of nitrogens with two attached hydrogens (primary N) is 1. The molecule has 2 fully saturated rings. The highest BCUT2D eigenvalue weighted by Crippen LogP contribution is 2.61. The third kappa shape index (κ3) is 2.40. The van der Waals surface area contributed by atoms with Crippen LogP contribution in [-0.2, 0) is 0 Å². The summed E-state index contributed by atoms with van der Waals surface area (Å²) >= 11 is 0. The molecule has 0 aromatic heterocycles. The second kappa shape index (κ2) is 4.38. The molecule has 0 radical (unpaired) electrons. The van der Waals surface area contributed by atoms with Crippen molar-refractivity contribution >= 4 is 11.4 Å². The number of anilines is 2. The van der Waals surface area contributed by atoms with E-state index in [1.165, 1.54) is 25.7 Å². The summed E-state index contributed by atoms with van der Waals surface area (Å²) in [5.74, 6) is 1.84. The van der Waals surface area contributed by atoms with E-state index in [2.05, 4.69) is 5.32 Å². The first-order valence-electron chi connectivity index (χ1n) is 6.99. The van der Waals surface area contributed by atoms with Crippen molar-refractivity contribution in [1.82, 2.24) is 0 Å². The Morgan fingerprint density at radius 2 is 2.11 bits per heavy atom. The van der Waals surface area contributed by atoms with Gasteiger partial charge in [-0.05, 0) is 50.0 Å². The van der Waals surface area contributed by atoms with Crippen LogP contribution in [0.2, 0.25) is 0 Å². The van der Waals surface area contributed by atoms with Gasteiger partial charge in [-0.3, -0.25) is 0 Å². The van der Waals surface area contributed by atoms with Crippen molar-refractivity contribution in [3.05, 3.63) is 18.2 Å². The number of nitrogens with one attached hydrogen (secondary N) is 1. The zero-order valence-corrected chi connectivity index (χ0v) is 11.0. The summed E-state index contributed by atoms with van der Waals surface area (Å²) in [6.07, 6.45) is 5.65. The van der Waals surface area contributed by atoms with E-state index in [1.807, 2.05) is 25.1 Å². The first-order valence-corrected chi connectivity index (χ1v) is 6.99. The van der Waals surface area contributed by atoms with Crippen molar-refractivity contribution in [3.63, 3.8) is 0 Å². The number of benzene rings is 1. The van der Waals surface area contributed by atoms with Gasteiger partial charge in [0.2, 0.25) is 0 Å². The van der Waals surface area contributed by atoms with E-state index < -0.39 is 0 Å². The van der Waals surface area contributed by atoms with Gasteiger partial charge >= 0.3 is 0 Å².